The van der Waals surface area contributed by atoms with Gasteiger partial charge in [-0.3, -0.25) is 4.98 Å². The van der Waals surface area contributed by atoms with Gasteiger partial charge in [0, 0.05) is 29.7 Å². The Hall–Kier alpha value is -2.09. The van der Waals surface area contributed by atoms with Crippen molar-refractivity contribution in [3.05, 3.63) is 33.9 Å². The number of aromatic nitrogens is 1. The maximum absolute atomic E-state index is 11.8. The number of pyridine rings is 1. The van der Waals surface area contributed by atoms with E-state index in [1.54, 1.807) is 0 Å². The summed E-state index contributed by atoms with van der Waals surface area (Å²) in [6.07, 6.45) is 4.12. The molecule has 1 aliphatic rings. The van der Waals surface area contributed by atoms with Gasteiger partial charge in [0.1, 0.15) is 5.75 Å². The third kappa shape index (κ3) is 4.50. The topological polar surface area (TPSA) is 52.8 Å². The maximum atomic E-state index is 11.8. The second kappa shape index (κ2) is 8.33. The van der Waals surface area contributed by atoms with Crippen LogP contribution in [0.4, 0.5) is 4.79 Å². The molecule has 1 aromatic heterocycles. The van der Waals surface area contributed by atoms with E-state index in [-0.39, 0.29) is 12.0 Å². The number of ether oxygens (including phenoxy) is 2. The summed E-state index contributed by atoms with van der Waals surface area (Å²) in [7, 11) is 1.32. The molecule has 5 nitrogen and oxygen atoms in total. The summed E-state index contributed by atoms with van der Waals surface area (Å²) in [5, 5.41) is 0. The molecule has 5 heteroatoms. The quantitative estimate of drug-likeness (QED) is 0.570. The lowest BCUT2D eigenvalue weighted by Crippen LogP contribution is -2.20. The van der Waals surface area contributed by atoms with E-state index in [4.69, 9.17) is 21.0 Å². The molecule has 2 rings (SSSR count). The van der Waals surface area contributed by atoms with Crippen molar-refractivity contribution in [2.45, 2.75) is 71.8 Å². The van der Waals surface area contributed by atoms with E-state index in [0.29, 0.717) is 11.7 Å². The lowest BCUT2D eigenvalue weighted by atomic mass is 9.81. The van der Waals surface area contributed by atoms with Crippen LogP contribution in [0.15, 0.2) is 0 Å². The van der Waals surface area contributed by atoms with Gasteiger partial charge in [-0.1, -0.05) is 13.8 Å². The van der Waals surface area contributed by atoms with Gasteiger partial charge in [-0.2, -0.15) is 0 Å². The number of rotatable bonds is 4. The fourth-order valence-electron chi connectivity index (χ4n) is 3.54. The second-order valence-corrected chi connectivity index (χ2v) is 7.23. The highest BCUT2D eigenvalue weighted by molar-refractivity contribution is 5.66. The number of nitrogens with zero attached hydrogens (tertiary/aromatic N) is 2. The third-order valence-corrected chi connectivity index (χ3v) is 5.15. The number of methoxy groups -OCH3 is 1. The Labute approximate surface area is 150 Å². The predicted molar refractivity (Wildman–Crippen MR) is 96.9 cm³/mol. The van der Waals surface area contributed by atoms with E-state index in [2.05, 4.69) is 18.7 Å². The summed E-state index contributed by atoms with van der Waals surface area (Å²) in [5.41, 5.74) is 3.78. The van der Waals surface area contributed by atoms with E-state index < -0.39 is 6.16 Å². The highest BCUT2D eigenvalue weighted by Gasteiger charge is 2.28. The number of aryl methyl sites for hydroxylation is 1. The van der Waals surface area contributed by atoms with Crippen LogP contribution in [-0.4, -0.2) is 24.3 Å². The van der Waals surface area contributed by atoms with E-state index in [9.17, 15) is 4.79 Å². The van der Waals surface area contributed by atoms with Gasteiger partial charge in [0.05, 0.1) is 12.8 Å². The first kappa shape index (κ1) is 19.2. The summed E-state index contributed by atoms with van der Waals surface area (Å²) in [6, 6.07) is 0.171. The zero-order valence-electron chi connectivity index (χ0n) is 15.9. The number of hydrogen-bond acceptors (Lipinski definition) is 4. The van der Waals surface area contributed by atoms with Gasteiger partial charge < -0.3 is 14.3 Å². The molecule has 0 saturated heterocycles. The smallest absolute Gasteiger partial charge is 0.437 e. The molecule has 136 valence electrons. The summed E-state index contributed by atoms with van der Waals surface area (Å²) in [4.78, 5) is 20.2. The zero-order chi connectivity index (χ0) is 18.6. The van der Waals surface area contributed by atoms with Gasteiger partial charge in [0.2, 0.25) is 6.04 Å². The molecule has 25 heavy (non-hydrogen) atoms. The van der Waals surface area contributed by atoms with Crippen molar-refractivity contribution in [1.82, 2.24) is 4.98 Å². The average Bonchev–Trinajstić information content (AvgIpc) is 2.61. The normalized spacial score (nSPS) is 20.2. The zero-order valence-corrected chi connectivity index (χ0v) is 15.9. The molecule has 0 unspecified atom stereocenters. The molecule has 1 heterocycles. The van der Waals surface area contributed by atoms with Crippen LogP contribution in [0, 0.1) is 26.3 Å². The van der Waals surface area contributed by atoms with Gasteiger partial charge >= 0.3 is 6.16 Å². The first-order chi connectivity index (χ1) is 11.9. The van der Waals surface area contributed by atoms with Crippen LogP contribution < -0.4 is 4.74 Å². The number of carbonyl (C=O) groups is 1. The van der Waals surface area contributed by atoms with E-state index >= 15 is 0 Å². The molecule has 0 atom stereocenters. The van der Waals surface area contributed by atoms with Crippen LogP contribution in [0.3, 0.4) is 0 Å². The minimum absolute atomic E-state index is 0.171. The molecule has 0 spiro atoms. The summed E-state index contributed by atoms with van der Waals surface area (Å²) in [6.45, 7) is 15.3. The van der Waals surface area contributed by atoms with Crippen molar-refractivity contribution in [1.29, 1.82) is 0 Å². The molecule has 0 aliphatic heterocycles. The van der Waals surface area contributed by atoms with Crippen molar-refractivity contribution in [2.75, 3.05) is 7.11 Å². The van der Waals surface area contributed by atoms with Crippen LogP contribution in [0.5, 0.6) is 5.75 Å². The SMILES string of the molecule is [C-]#[N+]C1CCC(Cc2c(C(C)C)nc(C)c(C)c2OC(=O)OC)CC1. The fourth-order valence-corrected chi connectivity index (χ4v) is 3.54. The number of carbonyl (C=O) groups excluding carboxylic acids is 1. The minimum Gasteiger partial charge on any atom is -0.437 e. The Morgan fingerprint density at radius 3 is 2.44 bits per heavy atom. The molecular weight excluding hydrogens is 316 g/mol. The van der Waals surface area contributed by atoms with Gasteiger partial charge in [-0.05, 0) is 44.9 Å². The molecule has 1 aromatic rings. The molecular formula is C20H28N2O3. The van der Waals surface area contributed by atoms with E-state index in [1.165, 1.54) is 7.11 Å². The van der Waals surface area contributed by atoms with Crippen molar-refractivity contribution in [2.24, 2.45) is 5.92 Å². The molecule has 1 fully saturated rings. The molecule has 0 radical (unpaired) electrons. The van der Waals surface area contributed by atoms with Gasteiger partial charge in [-0.25, -0.2) is 11.4 Å². The van der Waals surface area contributed by atoms with Gasteiger partial charge in [0.15, 0.2) is 0 Å². The van der Waals surface area contributed by atoms with Crippen LogP contribution in [0.25, 0.3) is 4.85 Å². The Morgan fingerprint density at radius 1 is 1.28 bits per heavy atom. The monoisotopic (exact) mass is 344 g/mol. The van der Waals surface area contributed by atoms with Crippen molar-refractivity contribution >= 4 is 6.16 Å². The molecule has 0 bridgehead atoms. The lowest BCUT2D eigenvalue weighted by molar-refractivity contribution is 0.120. The summed E-state index contributed by atoms with van der Waals surface area (Å²) >= 11 is 0. The van der Waals surface area contributed by atoms with E-state index in [1.807, 2.05) is 13.8 Å². The molecule has 0 amide bonds. The van der Waals surface area contributed by atoms with Crippen molar-refractivity contribution < 1.29 is 14.3 Å². The molecule has 1 saturated carbocycles. The van der Waals surface area contributed by atoms with Crippen molar-refractivity contribution in [3.8, 4) is 5.75 Å². The van der Waals surface area contributed by atoms with Gasteiger partial charge in [-0.15, -0.1) is 0 Å². The molecule has 0 aromatic carbocycles. The lowest BCUT2D eigenvalue weighted by Gasteiger charge is -2.26. The Bertz CT molecular complexity index is 668. The Morgan fingerprint density at radius 2 is 1.92 bits per heavy atom. The minimum atomic E-state index is -0.693. The van der Waals surface area contributed by atoms with E-state index in [0.717, 1.165) is 54.6 Å². The first-order valence-electron chi connectivity index (χ1n) is 8.99. The fraction of sp³-hybridized carbons (Fsp3) is 0.650. The highest BCUT2D eigenvalue weighted by Crippen LogP contribution is 2.37. The standard InChI is InChI=1S/C20H28N2O3/c1-12(2)18-17(11-15-7-9-16(21-5)10-8-15)19(25-20(23)24-6)13(3)14(4)22-18/h12,15-16H,7-11H2,1-4,6H3. The highest BCUT2D eigenvalue weighted by atomic mass is 16.7. The maximum Gasteiger partial charge on any atom is 0.513 e. The molecule has 1 aliphatic carbocycles. The van der Waals surface area contributed by atoms with Crippen LogP contribution in [0.2, 0.25) is 0 Å². The Balaban J connectivity index is 2.37. The summed E-state index contributed by atoms with van der Waals surface area (Å²) in [5.74, 6) is 1.35. The van der Waals surface area contributed by atoms with Crippen LogP contribution in [-0.2, 0) is 11.2 Å². The molecule has 0 N–H and O–H groups in total. The van der Waals surface area contributed by atoms with Gasteiger partial charge in [0.25, 0.3) is 0 Å². The Kier molecular flexibility index (Phi) is 6.41. The average molecular weight is 344 g/mol. The van der Waals surface area contributed by atoms with Crippen molar-refractivity contribution in [3.63, 3.8) is 0 Å². The summed E-state index contributed by atoms with van der Waals surface area (Å²) < 4.78 is 10.2. The number of hydrogen-bond donors (Lipinski definition) is 0. The van der Waals surface area contributed by atoms with Crippen LogP contribution >= 0.6 is 0 Å². The predicted octanol–water partition coefficient (Wildman–Crippen LogP) is 4.99. The van der Waals surface area contributed by atoms with Crippen LogP contribution in [0.1, 0.15) is 68.0 Å². The third-order valence-electron chi connectivity index (χ3n) is 5.15. The second-order valence-electron chi connectivity index (χ2n) is 7.23. The largest absolute Gasteiger partial charge is 0.513 e. The first-order valence-corrected chi connectivity index (χ1v) is 8.99.